The lowest BCUT2D eigenvalue weighted by atomic mass is 9.98. The van der Waals surface area contributed by atoms with Crippen molar-refractivity contribution in [1.29, 1.82) is 0 Å². The first-order valence-electron chi connectivity index (χ1n) is 9.86. The Morgan fingerprint density at radius 1 is 1.12 bits per heavy atom. The first kappa shape index (κ1) is 25.3. The molecule has 10 heteroatoms. The lowest BCUT2D eigenvalue weighted by Gasteiger charge is -2.39. The van der Waals surface area contributed by atoms with Gasteiger partial charge < -0.3 is 16.6 Å². The summed E-state index contributed by atoms with van der Waals surface area (Å²) in [6, 6.07) is 15.5. The number of carbonyl (C=O) groups is 3. The van der Waals surface area contributed by atoms with Gasteiger partial charge in [-0.2, -0.15) is 0 Å². The van der Waals surface area contributed by atoms with Gasteiger partial charge in [0.15, 0.2) is 5.96 Å². The van der Waals surface area contributed by atoms with Crippen LogP contribution >= 0.6 is 22.6 Å². The Labute approximate surface area is 200 Å². The molecule has 0 aliphatic carbocycles. The predicted octanol–water partition coefficient (Wildman–Crippen LogP) is 1.90. The molecule has 0 aliphatic heterocycles. The van der Waals surface area contributed by atoms with Crippen LogP contribution in [0.4, 0.5) is 0 Å². The number of carboxylic acid groups (broad SMARTS) is 1. The highest BCUT2D eigenvalue weighted by molar-refractivity contribution is 14.1. The molecule has 0 radical (unpaired) electrons. The molecule has 2 aromatic carbocycles. The van der Waals surface area contributed by atoms with E-state index in [1.807, 2.05) is 24.3 Å². The SMILES string of the molecule is CC(=O)N(C(=O)c1ccccc1)[C@](CCCN=C(N)N)(NCc1cccc(I)c1)C(=O)O. The average molecular weight is 551 g/mol. The Morgan fingerprint density at radius 3 is 2.38 bits per heavy atom. The van der Waals surface area contributed by atoms with Crippen LogP contribution in [0.25, 0.3) is 0 Å². The number of aliphatic imine (C=N–C) groups is 1. The van der Waals surface area contributed by atoms with Crippen LogP contribution in [0, 0.1) is 3.57 Å². The van der Waals surface area contributed by atoms with Gasteiger partial charge in [0.25, 0.3) is 5.91 Å². The maximum atomic E-state index is 13.3. The lowest BCUT2D eigenvalue weighted by molar-refractivity contribution is -0.159. The normalized spacial score (nSPS) is 12.4. The van der Waals surface area contributed by atoms with Gasteiger partial charge in [-0.3, -0.25) is 19.9 Å². The minimum Gasteiger partial charge on any atom is -0.478 e. The summed E-state index contributed by atoms with van der Waals surface area (Å²) < 4.78 is 0.972. The van der Waals surface area contributed by atoms with Crippen LogP contribution in [-0.2, 0) is 16.1 Å². The number of aliphatic carboxylic acids is 1. The molecule has 2 amide bonds. The number of carboxylic acids is 1. The number of hydrogen-bond acceptors (Lipinski definition) is 5. The summed E-state index contributed by atoms with van der Waals surface area (Å²) in [6.07, 6.45) is 0.122. The molecule has 32 heavy (non-hydrogen) atoms. The van der Waals surface area contributed by atoms with Gasteiger partial charge >= 0.3 is 5.97 Å². The van der Waals surface area contributed by atoms with E-state index in [1.54, 1.807) is 18.2 Å². The summed E-state index contributed by atoms with van der Waals surface area (Å²) in [5, 5.41) is 13.3. The molecule has 1 atom stereocenters. The molecule has 0 bridgehead atoms. The van der Waals surface area contributed by atoms with Crippen molar-refractivity contribution in [1.82, 2.24) is 10.2 Å². The number of nitrogens with two attached hydrogens (primary N) is 2. The molecule has 0 aliphatic rings. The van der Waals surface area contributed by atoms with Crippen LogP contribution in [0.5, 0.6) is 0 Å². The minimum atomic E-state index is -2.00. The van der Waals surface area contributed by atoms with Crippen LogP contribution in [0.1, 0.15) is 35.7 Å². The predicted molar refractivity (Wildman–Crippen MR) is 130 cm³/mol. The summed E-state index contributed by atoms with van der Waals surface area (Å²) >= 11 is 2.15. The number of nitrogens with one attached hydrogen (secondary N) is 1. The topological polar surface area (TPSA) is 151 Å². The van der Waals surface area contributed by atoms with E-state index in [-0.39, 0.29) is 37.5 Å². The number of amides is 2. The second-order valence-electron chi connectivity index (χ2n) is 7.08. The fourth-order valence-corrected chi connectivity index (χ4v) is 3.90. The van der Waals surface area contributed by atoms with E-state index in [0.717, 1.165) is 14.0 Å². The van der Waals surface area contributed by atoms with Crippen LogP contribution in [0.3, 0.4) is 0 Å². The third-order valence-electron chi connectivity index (χ3n) is 4.74. The van der Waals surface area contributed by atoms with Gasteiger partial charge in [-0.05, 0) is 65.3 Å². The highest BCUT2D eigenvalue weighted by Gasteiger charge is 2.48. The number of benzene rings is 2. The number of rotatable bonds is 10. The van der Waals surface area contributed by atoms with E-state index in [4.69, 9.17) is 11.5 Å². The molecular weight excluding hydrogens is 525 g/mol. The number of halogens is 1. The van der Waals surface area contributed by atoms with Gasteiger partial charge in [0.1, 0.15) is 0 Å². The van der Waals surface area contributed by atoms with E-state index in [9.17, 15) is 19.5 Å². The van der Waals surface area contributed by atoms with Crippen molar-refractivity contribution < 1.29 is 19.5 Å². The van der Waals surface area contributed by atoms with Crippen LogP contribution in [-0.4, -0.2) is 46.0 Å². The van der Waals surface area contributed by atoms with Gasteiger partial charge in [0, 0.05) is 29.1 Å². The van der Waals surface area contributed by atoms with Crippen molar-refractivity contribution >= 4 is 46.3 Å². The lowest BCUT2D eigenvalue weighted by Crippen LogP contribution is -2.67. The number of guanidine groups is 1. The molecule has 0 heterocycles. The Bertz CT molecular complexity index is 995. The molecule has 2 aromatic rings. The molecular formula is C22H26IN5O4. The van der Waals surface area contributed by atoms with Crippen molar-refractivity contribution in [3.63, 3.8) is 0 Å². The monoisotopic (exact) mass is 551 g/mol. The van der Waals surface area contributed by atoms with Crippen LogP contribution in [0.15, 0.2) is 59.6 Å². The maximum Gasteiger partial charge on any atom is 0.345 e. The van der Waals surface area contributed by atoms with Gasteiger partial charge in [0.05, 0.1) is 0 Å². The summed E-state index contributed by atoms with van der Waals surface area (Å²) in [5.41, 5.74) is 9.73. The van der Waals surface area contributed by atoms with Crippen LogP contribution < -0.4 is 16.8 Å². The van der Waals surface area contributed by atoms with Crippen molar-refractivity contribution in [2.24, 2.45) is 16.5 Å². The summed E-state index contributed by atoms with van der Waals surface area (Å²) in [4.78, 5) is 43.2. The molecule has 0 spiro atoms. The van der Waals surface area contributed by atoms with Crippen molar-refractivity contribution in [2.45, 2.75) is 32.0 Å². The van der Waals surface area contributed by atoms with E-state index < -0.39 is 23.4 Å². The second kappa shape index (κ2) is 11.6. The first-order chi connectivity index (χ1) is 15.2. The largest absolute Gasteiger partial charge is 0.478 e. The first-order valence-corrected chi connectivity index (χ1v) is 10.9. The fourth-order valence-electron chi connectivity index (χ4n) is 3.29. The molecule has 170 valence electrons. The Kier molecular flexibility index (Phi) is 9.14. The Hall–Kier alpha value is -2.99. The van der Waals surface area contributed by atoms with E-state index >= 15 is 0 Å². The quantitative estimate of drug-likeness (QED) is 0.116. The van der Waals surface area contributed by atoms with Crippen molar-refractivity contribution in [3.8, 4) is 0 Å². The zero-order valence-corrected chi connectivity index (χ0v) is 19.8. The summed E-state index contributed by atoms with van der Waals surface area (Å²) in [5.74, 6) is -2.88. The van der Waals surface area contributed by atoms with E-state index in [0.29, 0.717) is 0 Å². The zero-order valence-electron chi connectivity index (χ0n) is 17.6. The summed E-state index contributed by atoms with van der Waals surface area (Å²) in [6.45, 7) is 1.44. The van der Waals surface area contributed by atoms with Crippen LogP contribution in [0.2, 0.25) is 0 Å². The Morgan fingerprint density at radius 2 is 1.81 bits per heavy atom. The number of nitrogens with zero attached hydrogens (tertiary/aromatic N) is 2. The fraction of sp³-hybridized carbons (Fsp3) is 0.273. The van der Waals surface area contributed by atoms with Gasteiger partial charge in [-0.25, -0.2) is 9.69 Å². The van der Waals surface area contributed by atoms with Gasteiger partial charge in [-0.15, -0.1) is 0 Å². The smallest absolute Gasteiger partial charge is 0.345 e. The highest BCUT2D eigenvalue weighted by Crippen LogP contribution is 2.24. The van der Waals surface area contributed by atoms with E-state index in [1.165, 1.54) is 19.1 Å². The van der Waals surface area contributed by atoms with Gasteiger partial charge in [0.2, 0.25) is 11.6 Å². The molecule has 0 unspecified atom stereocenters. The second-order valence-corrected chi connectivity index (χ2v) is 8.33. The summed E-state index contributed by atoms with van der Waals surface area (Å²) in [7, 11) is 0. The molecule has 0 saturated carbocycles. The molecule has 2 rings (SSSR count). The minimum absolute atomic E-state index is 0.0960. The third-order valence-corrected chi connectivity index (χ3v) is 5.41. The number of imide groups is 1. The molecule has 0 fully saturated rings. The van der Waals surface area contributed by atoms with E-state index in [2.05, 4.69) is 32.9 Å². The van der Waals surface area contributed by atoms with Gasteiger partial charge in [-0.1, -0.05) is 30.3 Å². The standard InChI is InChI=1S/C22H26IN5O4/c1-15(29)28(19(30)17-8-3-2-4-9-17)22(20(31)32,11-6-12-26-21(24)25)27-14-16-7-5-10-18(23)13-16/h2-5,7-10,13,27H,6,11-12,14H2,1H3,(H,31,32)(H4,24,25,26)/t22-/m0/s1. The van der Waals surface area contributed by atoms with Crippen molar-refractivity contribution in [3.05, 3.63) is 69.3 Å². The molecule has 6 N–H and O–H groups in total. The maximum absolute atomic E-state index is 13.3. The van der Waals surface area contributed by atoms with Crippen molar-refractivity contribution in [2.75, 3.05) is 6.54 Å². The third kappa shape index (κ3) is 6.50. The molecule has 9 nitrogen and oxygen atoms in total. The Balaban J connectivity index is 2.47. The zero-order chi connectivity index (χ0) is 23.7. The number of carbonyl (C=O) groups excluding carboxylic acids is 2. The molecule has 0 saturated heterocycles. The highest BCUT2D eigenvalue weighted by atomic mass is 127. The molecule has 0 aromatic heterocycles. The average Bonchev–Trinajstić information content (AvgIpc) is 2.74. The number of hydrogen-bond donors (Lipinski definition) is 4.